The predicted octanol–water partition coefficient (Wildman–Crippen LogP) is 4.12. The van der Waals surface area contributed by atoms with Crippen molar-refractivity contribution in [2.24, 2.45) is 0 Å². The fourth-order valence-corrected chi connectivity index (χ4v) is 3.66. The number of methoxy groups -OCH3 is 1. The van der Waals surface area contributed by atoms with Gasteiger partial charge in [0.15, 0.2) is 0 Å². The van der Waals surface area contributed by atoms with E-state index in [0.29, 0.717) is 44.0 Å². The van der Waals surface area contributed by atoms with Crippen LogP contribution in [0.4, 0.5) is 14.9 Å². The van der Waals surface area contributed by atoms with Gasteiger partial charge in [0.2, 0.25) is 0 Å². The molecule has 2 aromatic rings. The van der Waals surface area contributed by atoms with Gasteiger partial charge in [-0.25, -0.2) is 9.18 Å². The van der Waals surface area contributed by atoms with Gasteiger partial charge in [-0.2, -0.15) is 5.26 Å². The molecule has 8 heteroatoms. The fourth-order valence-electron chi connectivity index (χ4n) is 3.66. The highest BCUT2D eigenvalue weighted by molar-refractivity contribution is 5.91. The molecule has 3 rings (SSSR count). The molecule has 0 aromatic heterocycles. The van der Waals surface area contributed by atoms with Crippen LogP contribution in [-0.2, 0) is 21.7 Å². The molecule has 0 bridgehead atoms. The first-order chi connectivity index (χ1) is 15.5. The van der Waals surface area contributed by atoms with Gasteiger partial charge >= 0.3 is 6.03 Å². The molecule has 1 fully saturated rings. The number of carbonyl (C=O) groups excluding carboxylic acids is 1. The van der Waals surface area contributed by atoms with Crippen LogP contribution >= 0.6 is 0 Å². The zero-order valence-corrected chi connectivity index (χ0v) is 18.4. The van der Waals surface area contributed by atoms with Gasteiger partial charge in [-0.3, -0.25) is 4.90 Å². The molecular weight excluding hydrogens is 413 g/mol. The van der Waals surface area contributed by atoms with Crippen molar-refractivity contribution in [1.29, 1.82) is 5.26 Å². The second-order valence-electron chi connectivity index (χ2n) is 7.64. The first-order valence-electron chi connectivity index (χ1n) is 10.5. The van der Waals surface area contributed by atoms with Crippen molar-refractivity contribution in [3.63, 3.8) is 0 Å². The van der Waals surface area contributed by atoms with E-state index in [9.17, 15) is 9.18 Å². The Morgan fingerprint density at radius 3 is 2.62 bits per heavy atom. The molecule has 7 nitrogen and oxygen atoms in total. The lowest BCUT2D eigenvalue weighted by Crippen LogP contribution is -2.37. The summed E-state index contributed by atoms with van der Waals surface area (Å²) in [6.07, 6.45) is 1.58. The number of hydrogen-bond acceptors (Lipinski definition) is 5. The Hall–Kier alpha value is -3.15. The van der Waals surface area contributed by atoms with Crippen LogP contribution < -0.4 is 15.0 Å². The molecule has 0 atom stereocenters. The summed E-state index contributed by atoms with van der Waals surface area (Å²) >= 11 is 0. The number of rotatable bonds is 8. The molecule has 1 N–H and O–H groups in total. The minimum absolute atomic E-state index is 0.254. The van der Waals surface area contributed by atoms with E-state index < -0.39 is 5.60 Å². The molecule has 1 aliphatic heterocycles. The van der Waals surface area contributed by atoms with Crippen molar-refractivity contribution in [2.45, 2.75) is 31.5 Å². The van der Waals surface area contributed by atoms with Gasteiger partial charge in [0.1, 0.15) is 18.2 Å². The Kier molecular flexibility index (Phi) is 8.03. The normalized spacial score (nSPS) is 14.9. The molecular formula is C24H28FN3O4. The number of amides is 2. The summed E-state index contributed by atoms with van der Waals surface area (Å²) in [5.41, 5.74) is 1.76. The van der Waals surface area contributed by atoms with Crippen LogP contribution in [0.25, 0.3) is 0 Å². The summed E-state index contributed by atoms with van der Waals surface area (Å²) in [7, 11) is 3.29. The highest BCUT2D eigenvalue weighted by Crippen LogP contribution is 2.37. The Balaban J connectivity index is 1.64. The summed E-state index contributed by atoms with van der Waals surface area (Å²) in [4.78, 5) is 13.6. The monoisotopic (exact) mass is 441 g/mol. The summed E-state index contributed by atoms with van der Waals surface area (Å²) in [6, 6.07) is 13.7. The quantitative estimate of drug-likeness (QED) is 0.623. The molecule has 0 unspecified atom stereocenters. The number of nitrogens with zero attached hydrogens (tertiary/aromatic N) is 2. The molecule has 32 heavy (non-hydrogen) atoms. The first-order valence-corrected chi connectivity index (χ1v) is 10.5. The van der Waals surface area contributed by atoms with Gasteiger partial charge < -0.3 is 19.5 Å². The number of ether oxygens (including phenoxy) is 3. The standard InChI is InChI=1S/C24H28FN3O4/c1-28(23(29)27-11-3-10-26)21-6-4-18(5-7-21)17-32-22-15-19(14-20(25)16-22)24(30-2)8-12-31-13-9-24/h4-7,14-16H,3,8-9,11-13,17H2,1-2H3,(H,27,29). The molecule has 0 aliphatic carbocycles. The third-order valence-corrected chi connectivity index (χ3v) is 5.64. The maximum absolute atomic E-state index is 14.3. The third kappa shape index (κ3) is 5.75. The summed E-state index contributed by atoms with van der Waals surface area (Å²) < 4.78 is 31.4. The minimum atomic E-state index is -0.571. The van der Waals surface area contributed by atoms with E-state index in [2.05, 4.69) is 5.32 Å². The molecule has 0 spiro atoms. The van der Waals surface area contributed by atoms with Gasteiger partial charge in [0.25, 0.3) is 0 Å². The van der Waals surface area contributed by atoms with E-state index in [4.69, 9.17) is 19.5 Å². The van der Waals surface area contributed by atoms with Crippen molar-refractivity contribution in [3.8, 4) is 11.8 Å². The molecule has 0 radical (unpaired) electrons. The zero-order valence-electron chi connectivity index (χ0n) is 18.4. The first kappa shape index (κ1) is 23.5. The lowest BCUT2D eigenvalue weighted by molar-refractivity contribution is -0.0950. The zero-order chi connectivity index (χ0) is 23.0. The number of nitriles is 1. The van der Waals surface area contributed by atoms with E-state index in [0.717, 1.165) is 11.1 Å². The maximum Gasteiger partial charge on any atom is 0.321 e. The highest BCUT2D eigenvalue weighted by Gasteiger charge is 2.35. The largest absolute Gasteiger partial charge is 0.489 e. The van der Waals surface area contributed by atoms with Crippen LogP contribution in [0.15, 0.2) is 42.5 Å². The van der Waals surface area contributed by atoms with Crippen molar-refractivity contribution < 1.29 is 23.4 Å². The molecule has 170 valence electrons. The fraction of sp³-hybridized carbons (Fsp3) is 0.417. The maximum atomic E-state index is 14.3. The van der Waals surface area contributed by atoms with Crippen LogP contribution in [0.3, 0.4) is 0 Å². The van der Waals surface area contributed by atoms with Crippen LogP contribution in [0.2, 0.25) is 0 Å². The Morgan fingerprint density at radius 1 is 1.25 bits per heavy atom. The number of halogens is 1. The van der Waals surface area contributed by atoms with Gasteiger partial charge in [-0.1, -0.05) is 12.1 Å². The van der Waals surface area contributed by atoms with E-state index >= 15 is 0 Å². The van der Waals surface area contributed by atoms with Crippen molar-refractivity contribution in [1.82, 2.24) is 5.32 Å². The van der Waals surface area contributed by atoms with E-state index in [-0.39, 0.29) is 24.9 Å². The number of hydrogen-bond donors (Lipinski definition) is 1. The summed E-state index contributed by atoms with van der Waals surface area (Å²) in [5, 5.41) is 11.2. The second-order valence-corrected chi connectivity index (χ2v) is 7.64. The van der Waals surface area contributed by atoms with E-state index in [1.165, 1.54) is 17.0 Å². The molecule has 1 saturated heterocycles. The number of carbonyl (C=O) groups is 1. The molecule has 0 saturated carbocycles. The smallest absolute Gasteiger partial charge is 0.321 e. The van der Waals surface area contributed by atoms with Crippen molar-refractivity contribution in [3.05, 3.63) is 59.4 Å². The SMILES string of the molecule is COC1(c2cc(F)cc(OCc3ccc(N(C)C(=O)NCCC#N)cc3)c2)CCOCC1. The van der Waals surface area contributed by atoms with Gasteiger partial charge in [0.05, 0.1) is 18.1 Å². The Labute approximate surface area is 187 Å². The molecule has 1 heterocycles. The average molecular weight is 442 g/mol. The number of anilines is 1. The van der Waals surface area contributed by atoms with Gasteiger partial charge in [-0.15, -0.1) is 0 Å². The lowest BCUT2D eigenvalue weighted by Gasteiger charge is -2.36. The highest BCUT2D eigenvalue weighted by atomic mass is 19.1. The molecule has 1 aliphatic rings. The van der Waals surface area contributed by atoms with Crippen molar-refractivity contribution >= 4 is 11.7 Å². The Bertz CT molecular complexity index is 953. The predicted molar refractivity (Wildman–Crippen MR) is 118 cm³/mol. The van der Waals surface area contributed by atoms with Gasteiger partial charge in [-0.05, 0) is 35.4 Å². The van der Waals surface area contributed by atoms with E-state index in [1.807, 2.05) is 36.4 Å². The molecule has 2 aromatic carbocycles. The van der Waals surface area contributed by atoms with Crippen LogP contribution in [0.5, 0.6) is 5.75 Å². The Morgan fingerprint density at radius 2 is 1.97 bits per heavy atom. The topological polar surface area (TPSA) is 83.8 Å². The van der Waals surface area contributed by atoms with E-state index in [1.54, 1.807) is 14.2 Å². The minimum Gasteiger partial charge on any atom is -0.489 e. The van der Waals surface area contributed by atoms with Crippen LogP contribution in [-0.4, -0.2) is 39.9 Å². The number of urea groups is 1. The summed E-state index contributed by atoms with van der Waals surface area (Å²) in [6.45, 7) is 1.69. The number of nitrogens with one attached hydrogen (secondary N) is 1. The summed E-state index contributed by atoms with van der Waals surface area (Å²) in [5.74, 6) is 0.0563. The number of benzene rings is 2. The van der Waals surface area contributed by atoms with Crippen LogP contribution in [0, 0.1) is 17.1 Å². The van der Waals surface area contributed by atoms with Crippen molar-refractivity contribution in [2.75, 3.05) is 38.8 Å². The molecule has 2 amide bonds. The third-order valence-electron chi connectivity index (χ3n) is 5.64. The average Bonchev–Trinajstić information content (AvgIpc) is 2.82. The van der Waals surface area contributed by atoms with Gasteiger partial charge in [0, 0.05) is 58.5 Å². The second kappa shape index (κ2) is 10.9. The van der Waals surface area contributed by atoms with Crippen LogP contribution in [0.1, 0.15) is 30.4 Å². The lowest BCUT2D eigenvalue weighted by atomic mass is 9.86.